The molecule has 0 heterocycles. The van der Waals surface area contributed by atoms with Crippen molar-refractivity contribution in [1.82, 2.24) is 5.43 Å². The van der Waals surface area contributed by atoms with Crippen LogP contribution in [0.1, 0.15) is 22.7 Å². The second-order valence-electron chi connectivity index (χ2n) is 4.78. The summed E-state index contributed by atoms with van der Waals surface area (Å²) in [7, 11) is 0. The number of halogens is 4. The molecule has 0 aliphatic carbocycles. The van der Waals surface area contributed by atoms with E-state index in [1.54, 1.807) is 6.07 Å². The van der Waals surface area contributed by atoms with Gasteiger partial charge in [-0.3, -0.25) is 11.3 Å². The normalized spacial score (nSPS) is 12.5. The van der Waals surface area contributed by atoms with E-state index < -0.39 is 23.5 Å². The van der Waals surface area contributed by atoms with Crippen LogP contribution in [0.15, 0.2) is 30.3 Å². The first-order chi connectivity index (χ1) is 9.92. The molecule has 0 saturated carbocycles. The average Bonchev–Trinajstić information content (AvgIpc) is 2.43. The summed E-state index contributed by atoms with van der Waals surface area (Å²) < 4.78 is 41.0. The minimum Gasteiger partial charge on any atom is -0.271 e. The molecule has 2 aromatic carbocycles. The van der Waals surface area contributed by atoms with Gasteiger partial charge in [0.1, 0.15) is 17.5 Å². The number of hydrogen-bond acceptors (Lipinski definition) is 2. The quantitative estimate of drug-likeness (QED) is 0.665. The monoisotopic (exact) mass is 314 g/mol. The Balaban J connectivity index is 2.34. The second-order valence-corrected chi connectivity index (χ2v) is 5.22. The van der Waals surface area contributed by atoms with E-state index in [-0.39, 0.29) is 17.0 Å². The van der Waals surface area contributed by atoms with Gasteiger partial charge >= 0.3 is 0 Å². The number of nitrogens with one attached hydrogen (secondary N) is 1. The van der Waals surface area contributed by atoms with Crippen LogP contribution in [0, 0.1) is 24.4 Å². The summed E-state index contributed by atoms with van der Waals surface area (Å²) in [5.74, 6) is 3.57. The first-order valence-corrected chi connectivity index (χ1v) is 6.65. The zero-order chi connectivity index (χ0) is 15.6. The molecule has 0 bridgehead atoms. The number of hydrogen-bond donors (Lipinski definition) is 2. The van der Waals surface area contributed by atoms with Crippen molar-refractivity contribution in [3.63, 3.8) is 0 Å². The third-order valence-electron chi connectivity index (χ3n) is 3.29. The molecule has 0 aliphatic heterocycles. The van der Waals surface area contributed by atoms with Crippen LogP contribution >= 0.6 is 11.6 Å². The van der Waals surface area contributed by atoms with E-state index in [1.165, 1.54) is 25.1 Å². The van der Waals surface area contributed by atoms with Gasteiger partial charge in [-0.15, -0.1) is 0 Å². The fraction of sp³-hybridized carbons (Fsp3) is 0.200. The maximum atomic E-state index is 13.9. The highest BCUT2D eigenvalue weighted by molar-refractivity contribution is 6.30. The molecule has 0 fully saturated rings. The Hall–Kier alpha value is -1.56. The SMILES string of the molecule is Cc1cc(C(Cc2ccc(Cl)cc2F)NN)c(F)cc1F. The zero-order valence-electron chi connectivity index (χ0n) is 11.3. The number of aryl methyl sites for hydroxylation is 1. The molecule has 0 aromatic heterocycles. The van der Waals surface area contributed by atoms with E-state index in [4.69, 9.17) is 17.4 Å². The average molecular weight is 315 g/mol. The van der Waals surface area contributed by atoms with E-state index in [2.05, 4.69) is 5.43 Å². The molecule has 0 spiro atoms. The molecule has 3 N–H and O–H groups in total. The Bertz CT molecular complexity index is 662. The Morgan fingerprint density at radius 3 is 2.43 bits per heavy atom. The summed E-state index contributed by atoms with van der Waals surface area (Å²) in [6.45, 7) is 1.52. The lowest BCUT2D eigenvalue weighted by molar-refractivity contribution is 0.491. The van der Waals surface area contributed by atoms with Crippen molar-refractivity contribution in [2.45, 2.75) is 19.4 Å². The van der Waals surface area contributed by atoms with Crippen LogP contribution in [0.4, 0.5) is 13.2 Å². The van der Waals surface area contributed by atoms with Gasteiger partial charge in [0, 0.05) is 16.7 Å². The predicted octanol–water partition coefficient (Wildman–Crippen LogP) is 3.81. The Morgan fingerprint density at radius 1 is 1.10 bits per heavy atom. The lowest BCUT2D eigenvalue weighted by Gasteiger charge is -2.18. The van der Waals surface area contributed by atoms with Crippen LogP contribution in [0.2, 0.25) is 5.02 Å². The van der Waals surface area contributed by atoms with Crippen LogP contribution in [0.5, 0.6) is 0 Å². The number of hydrazine groups is 1. The first kappa shape index (κ1) is 15.8. The Morgan fingerprint density at radius 2 is 1.81 bits per heavy atom. The largest absolute Gasteiger partial charge is 0.271 e. The minimum absolute atomic E-state index is 0.113. The van der Waals surface area contributed by atoms with Gasteiger partial charge in [0.05, 0.1) is 6.04 Å². The highest BCUT2D eigenvalue weighted by atomic mass is 35.5. The van der Waals surface area contributed by atoms with E-state index in [0.29, 0.717) is 11.1 Å². The van der Waals surface area contributed by atoms with Crippen LogP contribution in [-0.2, 0) is 6.42 Å². The lowest BCUT2D eigenvalue weighted by atomic mass is 9.97. The van der Waals surface area contributed by atoms with Crippen molar-refractivity contribution in [2.75, 3.05) is 0 Å². The molecule has 1 atom stereocenters. The maximum absolute atomic E-state index is 13.9. The highest BCUT2D eigenvalue weighted by Gasteiger charge is 2.18. The third kappa shape index (κ3) is 3.56. The summed E-state index contributed by atoms with van der Waals surface area (Å²) >= 11 is 5.69. The second kappa shape index (κ2) is 6.47. The molecule has 6 heteroatoms. The number of benzene rings is 2. The molecule has 21 heavy (non-hydrogen) atoms. The minimum atomic E-state index is -0.726. The van der Waals surface area contributed by atoms with Crippen LogP contribution < -0.4 is 11.3 Å². The number of nitrogens with two attached hydrogens (primary N) is 1. The third-order valence-corrected chi connectivity index (χ3v) is 3.53. The summed E-state index contributed by atoms with van der Waals surface area (Å²) in [6, 6.07) is 5.71. The fourth-order valence-electron chi connectivity index (χ4n) is 2.11. The molecule has 2 rings (SSSR count). The maximum Gasteiger partial charge on any atom is 0.130 e. The summed E-state index contributed by atoms with van der Waals surface area (Å²) in [4.78, 5) is 0. The standard InChI is InChI=1S/C15H14ClF3N2/c1-8-4-11(14(19)7-12(8)17)15(21-20)5-9-2-3-10(16)6-13(9)18/h2-4,6-7,15,21H,5,20H2,1H3. The smallest absolute Gasteiger partial charge is 0.130 e. The summed E-state index contributed by atoms with van der Waals surface area (Å²) in [6.07, 6.45) is 0.113. The molecule has 2 aromatic rings. The van der Waals surface area contributed by atoms with E-state index in [9.17, 15) is 13.2 Å². The topological polar surface area (TPSA) is 38.0 Å². The van der Waals surface area contributed by atoms with Gasteiger partial charge in [-0.25, -0.2) is 13.2 Å². The van der Waals surface area contributed by atoms with E-state index >= 15 is 0 Å². The lowest BCUT2D eigenvalue weighted by Crippen LogP contribution is -2.30. The van der Waals surface area contributed by atoms with Crippen LogP contribution in [0.25, 0.3) is 0 Å². The number of rotatable bonds is 4. The van der Waals surface area contributed by atoms with Gasteiger partial charge in [-0.05, 0) is 42.7 Å². The highest BCUT2D eigenvalue weighted by Crippen LogP contribution is 2.25. The van der Waals surface area contributed by atoms with Gasteiger partial charge < -0.3 is 0 Å². The van der Waals surface area contributed by atoms with Gasteiger partial charge in [0.2, 0.25) is 0 Å². The van der Waals surface area contributed by atoms with E-state index in [0.717, 1.165) is 6.07 Å². The molecule has 0 radical (unpaired) electrons. The molecule has 2 nitrogen and oxygen atoms in total. The predicted molar refractivity (Wildman–Crippen MR) is 76.3 cm³/mol. The summed E-state index contributed by atoms with van der Waals surface area (Å²) in [5.41, 5.74) is 3.25. The molecular formula is C15H14ClF3N2. The van der Waals surface area contributed by atoms with Crippen LogP contribution in [0.3, 0.4) is 0 Å². The van der Waals surface area contributed by atoms with Crippen LogP contribution in [-0.4, -0.2) is 0 Å². The zero-order valence-corrected chi connectivity index (χ0v) is 12.0. The fourth-order valence-corrected chi connectivity index (χ4v) is 2.27. The first-order valence-electron chi connectivity index (χ1n) is 6.28. The van der Waals surface area contributed by atoms with Crippen molar-refractivity contribution in [3.05, 3.63) is 69.5 Å². The van der Waals surface area contributed by atoms with Crippen molar-refractivity contribution >= 4 is 11.6 Å². The molecular weight excluding hydrogens is 301 g/mol. The van der Waals surface area contributed by atoms with Crippen molar-refractivity contribution in [3.8, 4) is 0 Å². The molecule has 1 unspecified atom stereocenters. The Labute approximate surface area is 125 Å². The van der Waals surface area contributed by atoms with Gasteiger partial charge in [-0.1, -0.05) is 17.7 Å². The molecule has 112 valence electrons. The molecule has 0 saturated heterocycles. The summed E-state index contributed by atoms with van der Waals surface area (Å²) in [5, 5.41) is 0.275. The van der Waals surface area contributed by atoms with Gasteiger partial charge in [0.25, 0.3) is 0 Å². The van der Waals surface area contributed by atoms with Crippen molar-refractivity contribution in [2.24, 2.45) is 5.84 Å². The molecule has 0 amide bonds. The Kier molecular flexibility index (Phi) is 4.88. The van der Waals surface area contributed by atoms with Crippen molar-refractivity contribution < 1.29 is 13.2 Å². The van der Waals surface area contributed by atoms with Crippen molar-refractivity contribution in [1.29, 1.82) is 0 Å². The van der Waals surface area contributed by atoms with Gasteiger partial charge in [0.15, 0.2) is 0 Å². The molecule has 0 aliphatic rings. The van der Waals surface area contributed by atoms with Gasteiger partial charge in [-0.2, -0.15) is 0 Å². The van der Waals surface area contributed by atoms with E-state index in [1.807, 2.05) is 0 Å².